The first-order valence-electron chi connectivity index (χ1n) is 9.74. The van der Waals surface area contributed by atoms with Gasteiger partial charge in [0.05, 0.1) is 34.8 Å². The number of pyridine rings is 1. The van der Waals surface area contributed by atoms with E-state index in [0.29, 0.717) is 5.56 Å². The zero-order chi connectivity index (χ0) is 20.8. The molecule has 6 aromatic rings. The van der Waals surface area contributed by atoms with Gasteiger partial charge in [0, 0.05) is 46.1 Å². The third-order valence-electron chi connectivity index (χ3n) is 5.39. The Balaban J connectivity index is 1.53. The summed E-state index contributed by atoms with van der Waals surface area (Å²) in [5.74, 6) is -0.279. The minimum Gasteiger partial charge on any atom is -0.352 e. The summed E-state index contributed by atoms with van der Waals surface area (Å²) < 4.78 is 14.4. The Bertz CT molecular complexity index is 1550. The molecule has 0 unspecified atom stereocenters. The van der Waals surface area contributed by atoms with Crippen molar-refractivity contribution < 1.29 is 4.39 Å². The molecule has 6 rings (SSSR count). The first-order valence-corrected chi connectivity index (χ1v) is 9.74. The number of hydrogen-bond acceptors (Lipinski definition) is 4. The number of H-pyrrole nitrogens is 2. The first-order chi connectivity index (χ1) is 15.3. The van der Waals surface area contributed by atoms with Crippen LogP contribution in [0.4, 0.5) is 4.39 Å². The van der Waals surface area contributed by atoms with Crippen molar-refractivity contribution in [1.82, 2.24) is 30.1 Å². The third kappa shape index (κ3) is 2.86. The van der Waals surface area contributed by atoms with Crippen LogP contribution >= 0.6 is 0 Å². The molecule has 0 fully saturated rings. The van der Waals surface area contributed by atoms with E-state index in [1.165, 1.54) is 6.07 Å². The van der Waals surface area contributed by atoms with Gasteiger partial charge in [-0.05, 0) is 24.3 Å². The molecular weight excluding hydrogens is 391 g/mol. The van der Waals surface area contributed by atoms with Crippen LogP contribution in [0.25, 0.3) is 55.6 Å². The molecule has 4 aromatic heterocycles. The molecule has 0 amide bonds. The molecule has 0 spiro atoms. The fraction of sp³-hybridized carbons (Fsp3) is 0. The van der Waals surface area contributed by atoms with Crippen LogP contribution in [0.3, 0.4) is 0 Å². The van der Waals surface area contributed by atoms with Gasteiger partial charge in [0.1, 0.15) is 11.5 Å². The van der Waals surface area contributed by atoms with Gasteiger partial charge in [-0.25, -0.2) is 4.39 Å². The summed E-state index contributed by atoms with van der Waals surface area (Å²) in [7, 11) is 0. The number of nitrogens with zero attached hydrogens (tertiary/aromatic N) is 4. The predicted molar refractivity (Wildman–Crippen MR) is 118 cm³/mol. The van der Waals surface area contributed by atoms with Gasteiger partial charge in [-0.1, -0.05) is 24.3 Å². The lowest BCUT2D eigenvalue weighted by Gasteiger charge is -2.03. The maximum atomic E-state index is 14.4. The van der Waals surface area contributed by atoms with E-state index in [-0.39, 0.29) is 5.82 Å². The number of halogens is 1. The number of nitrogens with one attached hydrogen (secondary N) is 2. The molecule has 0 saturated heterocycles. The van der Waals surface area contributed by atoms with E-state index in [0.717, 1.165) is 50.0 Å². The maximum absolute atomic E-state index is 14.4. The van der Waals surface area contributed by atoms with Crippen molar-refractivity contribution in [3.63, 3.8) is 0 Å². The number of fused-ring (bicyclic) bond motifs is 2. The van der Waals surface area contributed by atoms with Gasteiger partial charge in [0.15, 0.2) is 0 Å². The van der Waals surface area contributed by atoms with Gasteiger partial charge in [-0.15, -0.1) is 0 Å². The predicted octanol–water partition coefficient (Wildman–Crippen LogP) is 5.37. The fourth-order valence-electron chi connectivity index (χ4n) is 3.90. The number of rotatable bonds is 3. The molecule has 2 aromatic carbocycles. The number of aromatic nitrogens is 6. The quantitative estimate of drug-likeness (QED) is 0.414. The van der Waals surface area contributed by atoms with Crippen LogP contribution in [-0.2, 0) is 0 Å². The van der Waals surface area contributed by atoms with Crippen LogP contribution in [0, 0.1) is 5.82 Å². The van der Waals surface area contributed by atoms with E-state index in [2.05, 4.69) is 30.1 Å². The highest BCUT2D eigenvalue weighted by molar-refractivity contribution is 6.01. The van der Waals surface area contributed by atoms with Crippen LogP contribution < -0.4 is 0 Å². The van der Waals surface area contributed by atoms with Gasteiger partial charge in [0.2, 0.25) is 0 Å². The van der Waals surface area contributed by atoms with Crippen molar-refractivity contribution >= 4 is 21.8 Å². The average molecular weight is 406 g/mol. The number of benzene rings is 2. The van der Waals surface area contributed by atoms with Gasteiger partial charge < -0.3 is 4.98 Å². The van der Waals surface area contributed by atoms with Gasteiger partial charge in [-0.3, -0.25) is 20.1 Å². The lowest BCUT2D eigenvalue weighted by Crippen LogP contribution is -1.85. The SMILES string of the molecule is Fc1ccccc1-c1cncc2[nH]c(-c3n[nH]c4ccc(-c5cnccn5)cc34)cc12. The Labute approximate surface area is 175 Å². The minimum atomic E-state index is -0.279. The molecule has 7 heteroatoms. The summed E-state index contributed by atoms with van der Waals surface area (Å²) in [6.07, 6.45) is 8.48. The second kappa shape index (κ2) is 6.84. The lowest BCUT2D eigenvalue weighted by molar-refractivity contribution is 0.631. The largest absolute Gasteiger partial charge is 0.352 e. The highest BCUT2D eigenvalue weighted by Gasteiger charge is 2.16. The summed E-state index contributed by atoms with van der Waals surface area (Å²) in [6.45, 7) is 0. The summed E-state index contributed by atoms with van der Waals surface area (Å²) in [5.41, 5.74) is 6.32. The Morgan fingerprint density at radius 1 is 0.774 bits per heavy atom. The molecular formula is C24H15FN6. The van der Waals surface area contributed by atoms with Crippen molar-refractivity contribution in [1.29, 1.82) is 0 Å². The second-order valence-corrected chi connectivity index (χ2v) is 7.23. The van der Waals surface area contributed by atoms with Crippen LogP contribution in [0.15, 0.2) is 79.5 Å². The second-order valence-electron chi connectivity index (χ2n) is 7.23. The molecule has 0 aliphatic carbocycles. The molecule has 0 saturated carbocycles. The summed E-state index contributed by atoms with van der Waals surface area (Å²) >= 11 is 0. The normalized spacial score (nSPS) is 11.4. The molecule has 148 valence electrons. The Morgan fingerprint density at radius 3 is 2.58 bits per heavy atom. The highest BCUT2D eigenvalue weighted by Crippen LogP contribution is 2.35. The first kappa shape index (κ1) is 17.5. The van der Waals surface area contributed by atoms with E-state index in [1.807, 2.05) is 30.3 Å². The maximum Gasteiger partial charge on any atom is 0.131 e. The summed E-state index contributed by atoms with van der Waals surface area (Å²) in [5, 5.41) is 9.45. The van der Waals surface area contributed by atoms with Gasteiger partial charge in [-0.2, -0.15) is 5.10 Å². The van der Waals surface area contributed by atoms with E-state index < -0.39 is 0 Å². The zero-order valence-electron chi connectivity index (χ0n) is 16.2. The monoisotopic (exact) mass is 406 g/mol. The van der Waals surface area contributed by atoms with Crippen molar-refractivity contribution in [2.75, 3.05) is 0 Å². The standard InChI is InChI=1S/C24H15FN6/c25-19-4-2-1-3-15(19)18-11-27-13-23-16(18)10-21(29-23)24-17-9-14(5-6-20(17)30-31-24)22-12-26-7-8-28-22/h1-13,29H,(H,30,31). The Hall–Kier alpha value is -4.39. The molecule has 0 aliphatic heterocycles. The molecule has 0 atom stereocenters. The fourth-order valence-corrected chi connectivity index (χ4v) is 3.90. The van der Waals surface area contributed by atoms with Crippen molar-refractivity contribution in [2.24, 2.45) is 0 Å². The zero-order valence-corrected chi connectivity index (χ0v) is 16.2. The Morgan fingerprint density at radius 2 is 1.71 bits per heavy atom. The highest BCUT2D eigenvalue weighted by atomic mass is 19.1. The Kier molecular flexibility index (Phi) is 3.86. The van der Waals surface area contributed by atoms with Crippen molar-refractivity contribution in [2.45, 2.75) is 0 Å². The smallest absolute Gasteiger partial charge is 0.131 e. The molecule has 2 N–H and O–H groups in total. The minimum absolute atomic E-state index is 0.279. The topological polar surface area (TPSA) is 83.1 Å². The van der Waals surface area contributed by atoms with E-state index in [1.54, 1.807) is 43.1 Å². The molecule has 0 bridgehead atoms. The van der Waals surface area contributed by atoms with Gasteiger partial charge in [0.25, 0.3) is 0 Å². The van der Waals surface area contributed by atoms with Crippen LogP contribution in [-0.4, -0.2) is 30.1 Å². The average Bonchev–Trinajstić information content (AvgIpc) is 3.43. The molecule has 4 heterocycles. The third-order valence-corrected chi connectivity index (χ3v) is 5.39. The summed E-state index contributed by atoms with van der Waals surface area (Å²) in [6, 6.07) is 14.7. The lowest BCUT2D eigenvalue weighted by atomic mass is 10.0. The van der Waals surface area contributed by atoms with E-state index in [9.17, 15) is 4.39 Å². The molecule has 0 radical (unpaired) electrons. The van der Waals surface area contributed by atoms with E-state index >= 15 is 0 Å². The van der Waals surface area contributed by atoms with Crippen LogP contribution in [0.1, 0.15) is 0 Å². The van der Waals surface area contributed by atoms with Crippen LogP contribution in [0.2, 0.25) is 0 Å². The molecule has 0 aliphatic rings. The van der Waals surface area contributed by atoms with Crippen molar-refractivity contribution in [3.05, 3.63) is 85.3 Å². The van der Waals surface area contributed by atoms with Crippen molar-refractivity contribution in [3.8, 4) is 33.8 Å². The van der Waals surface area contributed by atoms with Gasteiger partial charge >= 0.3 is 0 Å². The molecule has 6 nitrogen and oxygen atoms in total. The number of aromatic amines is 2. The molecule has 31 heavy (non-hydrogen) atoms. The summed E-state index contributed by atoms with van der Waals surface area (Å²) in [4.78, 5) is 16.2. The van der Waals surface area contributed by atoms with E-state index in [4.69, 9.17) is 0 Å². The van der Waals surface area contributed by atoms with Crippen LogP contribution in [0.5, 0.6) is 0 Å². The number of hydrogen-bond donors (Lipinski definition) is 2.